The van der Waals surface area contributed by atoms with E-state index in [2.05, 4.69) is 5.32 Å². The van der Waals surface area contributed by atoms with Crippen LogP contribution >= 0.6 is 0 Å². The molecule has 1 saturated carbocycles. The normalized spacial score (nSPS) is 15.6. The Hall–Kier alpha value is -1.51. The van der Waals surface area contributed by atoms with Crippen LogP contribution in [0.3, 0.4) is 0 Å². The lowest BCUT2D eigenvalue weighted by Crippen LogP contribution is -2.14. The molecule has 0 radical (unpaired) electrons. The third-order valence-electron chi connectivity index (χ3n) is 3.48. The summed E-state index contributed by atoms with van der Waals surface area (Å²) in [5.74, 6) is 0.866. The minimum absolute atomic E-state index is 0.354. The summed E-state index contributed by atoms with van der Waals surface area (Å²) in [4.78, 5) is 11.5. The standard InChI is InChI=1S/C15H21NO2/c17-15(16-14-10-2-1-3-11-14)18-12-6-9-13-7-4-5-8-13/h1-3,10-11,13H,4-9,12H2,(H,16,17). The molecule has 3 heteroatoms. The van der Waals surface area contributed by atoms with Crippen molar-refractivity contribution in [1.29, 1.82) is 0 Å². The van der Waals surface area contributed by atoms with Crippen molar-refractivity contribution in [2.24, 2.45) is 5.92 Å². The average molecular weight is 247 g/mol. The van der Waals surface area contributed by atoms with Gasteiger partial charge in [0.1, 0.15) is 0 Å². The summed E-state index contributed by atoms with van der Waals surface area (Å²) in [5, 5.41) is 2.71. The Balaban J connectivity index is 1.57. The second kappa shape index (κ2) is 7.04. The Morgan fingerprint density at radius 2 is 1.94 bits per heavy atom. The molecule has 3 nitrogen and oxygen atoms in total. The maximum Gasteiger partial charge on any atom is 0.411 e. The quantitative estimate of drug-likeness (QED) is 0.792. The van der Waals surface area contributed by atoms with Crippen LogP contribution in [0.5, 0.6) is 0 Å². The number of para-hydroxylation sites is 1. The Morgan fingerprint density at radius 1 is 1.22 bits per heavy atom. The van der Waals surface area contributed by atoms with Crippen molar-refractivity contribution in [3.8, 4) is 0 Å². The minimum atomic E-state index is -0.354. The van der Waals surface area contributed by atoms with Gasteiger partial charge in [-0.05, 0) is 30.9 Å². The second-order valence-electron chi connectivity index (χ2n) is 4.92. The van der Waals surface area contributed by atoms with E-state index in [1.807, 2.05) is 30.3 Å². The predicted molar refractivity (Wildman–Crippen MR) is 72.6 cm³/mol. The molecule has 0 spiro atoms. The van der Waals surface area contributed by atoms with Crippen molar-refractivity contribution < 1.29 is 9.53 Å². The third-order valence-corrected chi connectivity index (χ3v) is 3.48. The van der Waals surface area contributed by atoms with E-state index in [1.54, 1.807) is 0 Å². The van der Waals surface area contributed by atoms with Gasteiger partial charge in [-0.3, -0.25) is 5.32 Å². The number of hydrogen-bond acceptors (Lipinski definition) is 2. The first kappa shape index (κ1) is 12.9. The number of anilines is 1. The number of nitrogens with one attached hydrogen (secondary N) is 1. The van der Waals surface area contributed by atoms with Gasteiger partial charge < -0.3 is 4.74 Å². The number of carbonyl (C=O) groups excluding carboxylic acids is 1. The summed E-state index contributed by atoms with van der Waals surface area (Å²) in [6, 6.07) is 9.38. The van der Waals surface area contributed by atoms with Crippen molar-refractivity contribution >= 4 is 11.8 Å². The van der Waals surface area contributed by atoms with Crippen LogP contribution in [0.25, 0.3) is 0 Å². The van der Waals surface area contributed by atoms with E-state index >= 15 is 0 Å². The molecule has 18 heavy (non-hydrogen) atoms. The number of ether oxygens (including phenoxy) is 1. The van der Waals surface area contributed by atoms with Gasteiger partial charge in [-0.2, -0.15) is 0 Å². The molecule has 0 heterocycles. The molecule has 0 saturated heterocycles. The zero-order chi connectivity index (χ0) is 12.6. The molecule has 0 unspecified atom stereocenters. The van der Waals surface area contributed by atoms with Crippen LogP contribution in [0.1, 0.15) is 38.5 Å². The van der Waals surface area contributed by atoms with E-state index in [0.717, 1.165) is 18.0 Å². The predicted octanol–water partition coefficient (Wildman–Crippen LogP) is 4.21. The summed E-state index contributed by atoms with van der Waals surface area (Å²) in [5.41, 5.74) is 0.776. The van der Waals surface area contributed by atoms with Gasteiger partial charge in [0.15, 0.2) is 0 Å². The van der Waals surface area contributed by atoms with Gasteiger partial charge in [0.25, 0.3) is 0 Å². The fourth-order valence-corrected chi connectivity index (χ4v) is 2.51. The van der Waals surface area contributed by atoms with Gasteiger partial charge in [-0.1, -0.05) is 43.9 Å². The van der Waals surface area contributed by atoms with Gasteiger partial charge in [-0.25, -0.2) is 4.79 Å². The van der Waals surface area contributed by atoms with Crippen molar-refractivity contribution in [2.75, 3.05) is 11.9 Å². The lowest BCUT2D eigenvalue weighted by molar-refractivity contribution is 0.157. The highest BCUT2D eigenvalue weighted by atomic mass is 16.5. The number of benzene rings is 1. The summed E-state index contributed by atoms with van der Waals surface area (Å²) >= 11 is 0. The van der Waals surface area contributed by atoms with E-state index in [1.165, 1.54) is 32.1 Å². The first-order chi connectivity index (χ1) is 8.84. The first-order valence-electron chi connectivity index (χ1n) is 6.83. The summed E-state index contributed by atoms with van der Waals surface area (Å²) in [7, 11) is 0. The lowest BCUT2D eigenvalue weighted by Gasteiger charge is -2.09. The molecule has 0 bridgehead atoms. The van der Waals surface area contributed by atoms with Crippen LogP contribution in [0.4, 0.5) is 10.5 Å². The second-order valence-corrected chi connectivity index (χ2v) is 4.92. The molecule has 1 amide bonds. The third kappa shape index (κ3) is 4.40. The molecule has 1 N–H and O–H groups in total. The van der Waals surface area contributed by atoms with Gasteiger partial charge in [0, 0.05) is 5.69 Å². The van der Waals surface area contributed by atoms with Crippen LogP contribution in [-0.4, -0.2) is 12.7 Å². The Bertz CT molecular complexity index is 358. The molecule has 2 rings (SSSR count). The van der Waals surface area contributed by atoms with Crippen LogP contribution < -0.4 is 5.32 Å². The zero-order valence-corrected chi connectivity index (χ0v) is 10.7. The Kier molecular flexibility index (Phi) is 5.06. The molecular weight excluding hydrogens is 226 g/mol. The van der Waals surface area contributed by atoms with Crippen molar-refractivity contribution in [1.82, 2.24) is 0 Å². The molecule has 1 aromatic carbocycles. The maximum absolute atomic E-state index is 11.5. The number of hydrogen-bond donors (Lipinski definition) is 1. The average Bonchev–Trinajstić information content (AvgIpc) is 2.89. The summed E-state index contributed by atoms with van der Waals surface area (Å²) in [6.07, 6.45) is 7.28. The van der Waals surface area contributed by atoms with E-state index < -0.39 is 0 Å². The highest BCUT2D eigenvalue weighted by molar-refractivity contribution is 5.84. The Labute approximate surface area is 109 Å². The van der Waals surface area contributed by atoms with Crippen LogP contribution in [0.15, 0.2) is 30.3 Å². The molecule has 1 fully saturated rings. The van der Waals surface area contributed by atoms with Gasteiger partial charge in [0.2, 0.25) is 0 Å². The molecule has 0 atom stereocenters. The fraction of sp³-hybridized carbons (Fsp3) is 0.533. The molecule has 98 valence electrons. The SMILES string of the molecule is O=C(Nc1ccccc1)OCCCC1CCCC1. The minimum Gasteiger partial charge on any atom is -0.449 e. The molecular formula is C15H21NO2. The molecule has 1 aliphatic rings. The monoisotopic (exact) mass is 247 g/mol. The van der Waals surface area contributed by atoms with E-state index in [0.29, 0.717) is 6.61 Å². The smallest absolute Gasteiger partial charge is 0.411 e. The van der Waals surface area contributed by atoms with Crippen LogP contribution in [-0.2, 0) is 4.74 Å². The van der Waals surface area contributed by atoms with Crippen LogP contribution in [0, 0.1) is 5.92 Å². The van der Waals surface area contributed by atoms with Gasteiger partial charge in [0.05, 0.1) is 6.61 Å². The first-order valence-corrected chi connectivity index (χ1v) is 6.83. The van der Waals surface area contributed by atoms with E-state index in [-0.39, 0.29) is 6.09 Å². The van der Waals surface area contributed by atoms with Crippen molar-refractivity contribution in [2.45, 2.75) is 38.5 Å². The number of rotatable bonds is 5. The molecule has 1 aliphatic carbocycles. The van der Waals surface area contributed by atoms with Crippen LogP contribution in [0.2, 0.25) is 0 Å². The molecule has 1 aromatic rings. The highest BCUT2D eigenvalue weighted by Crippen LogP contribution is 2.28. The van der Waals surface area contributed by atoms with Gasteiger partial charge in [-0.15, -0.1) is 0 Å². The number of carbonyl (C=O) groups is 1. The van der Waals surface area contributed by atoms with Crippen molar-refractivity contribution in [3.63, 3.8) is 0 Å². The largest absolute Gasteiger partial charge is 0.449 e. The van der Waals surface area contributed by atoms with E-state index in [9.17, 15) is 4.79 Å². The van der Waals surface area contributed by atoms with Gasteiger partial charge >= 0.3 is 6.09 Å². The maximum atomic E-state index is 11.5. The lowest BCUT2D eigenvalue weighted by atomic mass is 10.0. The fourth-order valence-electron chi connectivity index (χ4n) is 2.51. The van der Waals surface area contributed by atoms with E-state index in [4.69, 9.17) is 4.74 Å². The van der Waals surface area contributed by atoms with Crippen molar-refractivity contribution in [3.05, 3.63) is 30.3 Å². The highest BCUT2D eigenvalue weighted by Gasteiger charge is 2.14. The summed E-state index contributed by atoms with van der Waals surface area (Å²) < 4.78 is 5.16. The zero-order valence-electron chi connectivity index (χ0n) is 10.7. The molecule has 0 aliphatic heterocycles. The molecule has 0 aromatic heterocycles. The number of amides is 1. The topological polar surface area (TPSA) is 38.3 Å². The summed E-state index contributed by atoms with van der Waals surface area (Å²) in [6.45, 7) is 0.523. The Morgan fingerprint density at radius 3 is 2.67 bits per heavy atom.